The van der Waals surface area contributed by atoms with Gasteiger partial charge in [-0.2, -0.15) is 0 Å². The molecular weight excluding hydrogens is 194 g/mol. The monoisotopic (exact) mass is 203 g/mol. The van der Waals surface area contributed by atoms with Crippen molar-refractivity contribution in [2.75, 3.05) is 5.73 Å². The van der Waals surface area contributed by atoms with Gasteiger partial charge in [0.2, 0.25) is 0 Å². The number of pyridine rings is 1. The first-order valence-electron chi connectivity index (χ1n) is 4.22. The molecule has 2 rings (SSSR count). The zero-order valence-electron chi connectivity index (χ0n) is 7.79. The third kappa shape index (κ3) is 1.64. The van der Waals surface area contributed by atoms with Crippen LogP contribution >= 0.6 is 0 Å². The van der Waals surface area contributed by atoms with Gasteiger partial charge in [-0.05, 0) is 6.07 Å². The highest BCUT2D eigenvalue weighted by atomic mass is 16.1. The van der Waals surface area contributed by atoms with Crippen LogP contribution in [0.3, 0.4) is 0 Å². The fraction of sp³-hybridized carbons (Fsp3) is 0. The number of carbonyl (C=O) groups is 1. The van der Waals surface area contributed by atoms with Gasteiger partial charge in [-0.15, -0.1) is 0 Å². The lowest BCUT2D eigenvalue weighted by molar-refractivity contribution is 0.1000. The number of primary amides is 1. The summed E-state index contributed by atoms with van der Waals surface area (Å²) in [6.07, 6.45) is 6.25. The van der Waals surface area contributed by atoms with Crippen molar-refractivity contribution in [3.63, 3.8) is 0 Å². The second-order valence-corrected chi connectivity index (χ2v) is 2.97. The normalized spacial score (nSPS) is 10.1. The number of nitrogens with zero attached hydrogens (tertiary/aromatic N) is 3. The first kappa shape index (κ1) is 9.20. The van der Waals surface area contributed by atoms with Crippen molar-refractivity contribution in [1.29, 1.82) is 0 Å². The number of nitrogens with two attached hydrogens (primary N) is 2. The molecule has 0 aliphatic carbocycles. The fourth-order valence-electron chi connectivity index (χ4n) is 1.25. The molecule has 0 radical (unpaired) electrons. The molecule has 0 aromatic carbocycles. The van der Waals surface area contributed by atoms with Gasteiger partial charge in [0, 0.05) is 12.4 Å². The summed E-state index contributed by atoms with van der Waals surface area (Å²) in [5, 5.41) is 0. The third-order valence-corrected chi connectivity index (χ3v) is 1.90. The lowest BCUT2D eigenvalue weighted by Gasteiger charge is -2.06. The lowest BCUT2D eigenvalue weighted by Crippen LogP contribution is -2.16. The molecule has 0 bridgehead atoms. The zero-order valence-corrected chi connectivity index (χ0v) is 7.79. The van der Waals surface area contributed by atoms with Crippen molar-refractivity contribution in [3.05, 3.63) is 36.5 Å². The molecule has 15 heavy (non-hydrogen) atoms. The SMILES string of the molecule is NC(=O)c1cc(N)cnc1-n1ccnc1. The van der Waals surface area contributed by atoms with E-state index in [9.17, 15) is 4.79 Å². The topological polar surface area (TPSA) is 99.8 Å². The van der Waals surface area contributed by atoms with Crippen LogP contribution in [0.1, 0.15) is 10.4 Å². The third-order valence-electron chi connectivity index (χ3n) is 1.90. The minimum atomic E-state index is -0.571. The summed E-state index contributed by atoms with van der Waals surface area (Å²) in [6, 6.07) is 1.49. The van der Waals surface area contributed by atoms with E-state index in [2.05, 4.69) is 9.97 Å². The van der Waals surface area contributed by atoms with E-state index >= 15 is 0 Å². The van der Waals surface area contributed by atoms with Gasteiger partial charge < -0.3 is 11.5 Å². The Bertz CT molecular complexity index is 491. The minimum Gasteiger partial charge on any atom is -0.397 e. The zero-order chi connectivity index (χ0) is 10.8. The molecule has 76 valence electrons. The van der Waals surface area contributed by atoms with Crippen LogP contribution in [-0.2, 0) is 0 Å². The number of amides is 1. The standard InChI is InChI=1S/C9H9N5O/c10-6-3-7(8(11)15)9(13-4-6)14-2-1-12-5-14/h1-5H,10H2,(H2,11,15). The first-order chi connectivity index (χ1) is 7.18. The van der Waals surface area contributed by atoms with Crippen LogP contribution in [-0.4, -0.2) is 20.4 Å². The predicted molar refractivity (Wildman–Crippen MR) is 54.3 cm³/mol. The van der Waals surface area contributed by atoms with Crippen LogP contribution < -0.4 is 11.5 Å². The Kier molecular flexibility index (Phi) is 2.09. The number of hydrogen-bond acceptors (Lipinski definition) is 4. The summed E-state index contributed by atoms with van der Waals surface area (Å²) in [7, 11) is 0. The van der Waals surface area contributed by atoms with E-state index in [0.29, 0.717) is 11.5 Å². The van der Waals surface area contributed by atoms with Crippen LogP contribution in [0.2, 0.25) is 0 Å². The van der Waals surface area contributed by atoms with Crippen molar-refractivity contribution >= 4 is 11.6 Å². The Labute approximate surface area is 85.6 Å². The second-order valence-electron chi connectivity index (χ2n) is 2.97. The van der Waals surface area contributed by atoms with E-state index in [0.717, 1.165) is 0 Å². The molecule has 4 N–H and O–H groups in total. The summed E-state index contributed by atoms with van der Waals surface area (Å²) in [6.45, 7) is 0. The van der Waals surface area contributed by atoms with Crippen LogP contribution in [0.15, 0.2) is 31.0 Å². The molecule has 2 heterocycles. The molecule has 0 fully saturated rings. The highest BCUT2D eigenvalue weighted by Gasteiger charge is 2.11. The average Bonchev–Trinajstić information content (AvgIpc) is 2.70. The molecule has 0 aliphatic rings. The molecule has 0 aliphatic heterocycles. The van der Waals surface area contributed by atoms with Crippen molar-refractivity contribution in [2.24, 2.45) is 5.73 Å². The number of anilines is 1. The molecule has 0 saturated carbocycles. The number of nitrogen functional groups attached to an aromatic ring is 1. The van der Waals surface area contributed by atoms with E-state index in [1.54, 1.807) is 17.0 Å². The van der Waals surface area contributed by atoms with Gasteiger partial charge in [0.15, 0.2) is 5.82 Å². The van der Waals surface area contributed by atoms with E-state index < -0.39 is 5.91 Å². The molecular formula is C9H9N5O. The van der Waals surface area contributed by atoms with Gasteiger partial charge >= 0.3 is 0 Å². The maximum atomic E-state index is 11.2. The number of imidazole rings is 1. The molecule has 0 unspecified atom stereocenters. The Hall–Kier alpha value is -2.37. The van der Waals surface area contributed by atoms with Gasteiger partial charge in [-0.3, -0.25) is 9.36 Å². The summed E-state index contributed by atoms with van der Waals surface area (Å²) >= 11 is 0. The summed E-state index contributed by atoms with van der Waals surface area (Å²) in [5.41, 5.74) is 11.4. The molecule has 2 aromatic rings. The maximum absolute atomic E-state index is 11.2. The lowest BCUT2D eigenvalue weighted by atomic mass is 10.2. The molecule has 6 heteroatoms. The summed E-state index contributed by atoms with van der Waals surface area (Å²) in [5.74, 6) is -0.146. The number of hydrogen-bond donors (Lipinski definition) is 2. The molecule has 0 spiro atoms. The van der Waals surface area contributed by atoms with Gasteiger partial charge in [-0.25, -0.2) is 9.97 Å². The van der Waals surface area contributed by atoms with E-state index in [-0.39, 0.29) is 5.56 Å². The molecule has 2 aromatic heterocycles. The van der Waals surface area contributed by atoms with E-state index in [1.165, 1.54) is 18.6 Å². The van der Waals surface area contributed by atoms with Crippen LogP contribution in [0.5, 0.6) is 0 Å². The van der Waals surface area contributed by atoms with E-state index in [4.69, 9.17) is 11.5 Å². The Morgan fingerprint density at radius 3 is 2.87 bits per heavy atom. The smallest absolute Gasteiger partial charge is 0.252 e. The Morgan fingerprint density at radius 1 is 1.47 bits per heavy atom. The van der Waals surface area contributed by atoms with Crippen molar-refractivity contribution in [3.8, 4) is 5.82 Å². The highest BCUT2D eigenvalue weighted by molar-refractivity contribution is 5.96. The Morgan fingerprint density at radius 2 is 2.27 bits per heavy atom. The number of carbonyl (C=O) groups excluding carboxylic acids is 1. The second kappa shape index (κ2) is 3.41. The predicted octanol–water partition coefficient (Wildman–Crippen LogP) is -0.0516. The summed E-state index contributed by atoms with van der Waals surface area (Å²) < 4.78 is 1.60. The van der Waals surface area contributed by atoms with Crippen molar-refractivity contribution < 1.29 is 4.79 Å². The fourth-order valence-corrected chi connectivity index (χ4v) is 1.25. The van der Waals surface area contributed by atoms with Gasteiger partial charge in [0.05, 0.1) is 17.4 Å². The van der Waals surface area contributed by atoms with Crippen LogP contribution in [0.25, 0.3) is 5.82 Å². The quantitative estimate of drug-likeness (QED) is 0.714. The Balaban J connectivity index is 2.61. The molecule has 0 saturated heterocycles. The van der Waals surface area contributed by atoms with Gasteiger partial charge in [-0.1, -0.05) is 0 Å². The van der Waals surface area contributed by atoms with Gasteiger partial charge in [0.25, 0.3) is 5.91 Å². The molecule has 0 atom stereocenters. The van der Waals surface area contributed by atoms with Crippen molar-refractivity contribution in [1.82, 2.24) is 14.5 Å². The number of aromatic nitrogens is 3. The molecule has 1 amide bonds. The first-order valence-corrected chi connectivity index (χ1v) is 4.22. The number of rotatable bonds is 2. The van der Waals surface area contributed by atoms with Crippen LogP contribution in [0.4, 0.5) is 5.69 Å². The van der Waals surface area contributed by atoms with Crippen molar-refractivity contribution in [2.45, 2.75) is 0 Å². The summed E-state index contributed by atoms with van der Waals surface area (Å²) in [4.78, 5) is 19.1. The minimum absolute atomic E-state index is 0.271. The van der Waals surface area contributed by atoms with E-state index in [1.807, 2.05) is 0 Å². The molecule has 6 nitrogen and oxygen atoms in total. The highest BCUT2D eigenvalue weighted by Crippen LogP contribution is 2.13. The maximum Gasteiger partial charge on any atom is 0.252 e. The van der Waals surface area contributed by atoms with Crippen LogP contribution in [0, 0.1) is 0 Å². The largest absolute Gasteiger partial charge is 0.397 e. The van der Waals surface area contributed by atoms with Gasteiger partial charge in [0.1, 0.15) is 6.33 Å². The average molecular weight is 203 g/mol.